The standard InChI is InChI=1S/C31H32ClF2NO10S/c1-14(30(38)39)8-19(36)21-11-16-10-20(26(42-3)25(34)29(16)46-21)44-6-5-7-45-27-23(32)17-12-35(22(37)9-15(2)31(40)41)13-18(17)24(33)28(27)43-4/h10-11,14-15H,5-9,12-13H2,1-4H3,(H,38,39)(H,40,41). The largest absolute Gasteiger partial charge is 0.490 e. The van der Waals surface area contributed by atoms with Crippen LogP contribution in [0.5, 0.6) is 23.0 Å². The van der Waals surface area contributed by atoms with Gasteiger partial charge in [-0.1, -0.05) is 25.4 Å². The summed E-state index contributed by atoms with van der Waals surface area (Å²) in [7, 11) is 2.52. The summed E-state index contributed by atoms with van der Waals surface area (Å²) in [4.78, 5) is 49.0. The number of carboxylic acid groups (broad SMARTS) is 2. The molecule has 2 heterocycles. The monoisotopic (exact) mass is 683 g/mol. The van der Waals surface area contributed by atoms with Crippen molar-refractivity contribution >= 4 is 56.7 Å². The number of fused-ring (bicyclic) bond motifs is 2. The van der Waals surface area contributed by atoms with Crippen LogP contribution in [0.1, 0.15) is 53.9 Å². The van der Waals surface area contributed by atoms with Gasteiger partial charge < -0.3 is 34.1 Å². The Morgan fingerprint density at radius 2 is 1.50 bits per heavy atom. The Labute approximate surface area is 271 Å². The summed E-state index contributed by atoms with van der Waals surface area (Å²) in [6, 6.07) is 3.00. The number of ketones is 1. The third-order valence-electron chi connectivity index (χ3n) is 7.51. The first-order valence-corrected chi connectivity index (χ1v) is 15.4. The second kappa shape index (κ2) is 14.5. The summed E-state index contributed by atoms with van der Waals surface area (Å²) in [6.07, 6.45) is -0.239. The molecule has 15 heteroatoms. The van der Waals surface area contributed by atoms with Crippen molar-refractivity contribution in [2.45, 2.75) is 46.2 Å². The molecule has 2 unspecified atom stereocenters. The Morgan fingerprint density at radius 3 is 2.13 bits per heavy atom. The summed E-state index contributed by atoms with van der Waals surface area (Å²) in [5, 5.41) is 18.7. The number of methoxy groups -OCH3 is 2. The van der Waals surface area contributed by atoms with E-state index in [-0.39, 0.29) is 88.7 Å². The van der Waals surface area contributed by atoms with E-state index in [1.807, 2.05) is 0 Å². The van der Waals surface area contributed by atoms with E-state index >= 15 is 8.78 Å². The van der Waals surface area contributed by atoms with Gasteiger partial charge in [0.2, 0.25) is 5.91 Å². The summed E-state index contributed by atoms with van der Waals surface area (Å²) in [5.74, 6) is -6.76. The van der Waals surface area contributed by atoms with Crippen LogP contribution in [0.2, 0.25) is 5.02 Å². The maximum absolute atomic E-state index is 15.4. The van der Waals surface area contributed by atoms with E-state index in [1.54, 1.807) is 0 Å². The van der Waals surface area contributed by atoms with Crippen molar-refractivity contribution in [2.24, 2.45) is 11.8 Å². The number of aliphatic carboxylic acids is 2. The van der Waals surface area contributed by atoms with Crippen LogP contribution in [0.4, 0.5) is 8.78 Å². The van der Waals surface area contributed by atoms with E-state index in [0.29, 0.717) is 10.9 Å². The molecule has 4 rings (SSSR count). The molecule has 46 heavy (non-hydrogen) atoms. The predicted molar refractivity (Wildman–Crippen MR) is 163 cm³/mol. The lowest BCUT2D eigenvalue weighted by atomic mass is 10.0. The van der Waals surface area contributed by atoms with Gasteiger partial charge in [-0.05, 0) is 12.1 Å². The van der Waals surface area contributed by atoms with Crippen molar-refractivity contribution in [3.8, 4) is 23.0 Å². The maximum atomic E-state index is 15.4. The highest BCUT2D eigenvalue weighted by Gasteiger charge is 2.34. The van der Waals surface area contributed by atoms with E-state index in [4.69, 9.17) is 40.8 Å². The fourth-order valence-corrected chi connectivity index (χ4v) is 6.22. The third-order valence-corrected chi connectivity index (χ3v) is 9.10. The molecule has 0 saturated heterocycles. The average Bonchev–Trinajstić information content (AvgIpc) is 3.65. The SMILES string of the molecule is COc1c(F)c2c(c(Cl)c1OCCCOc1cc3cc(C(=O)CC(C)C(=O)O)sc3c(F)c1OC)CN(C(=O)CC(C)C(=O)O)C2. The van der Waals surface area contributed by atoms with E-state index in [9.17, 15) is 19.2 Å². The van der Waals surface area contributed by atoms with Crippen molar-refractivity contribution in [1.82, 2.24) is 4.90 Å². The highest BCUT2D eigenvalue weighted by molar-refractivity contribution is 7.20. The van der Waals surface area contributed by atoms with Gasteiger partial charge in [0.1, 0.15) is 0 Å². The summed E-state index contributed by atoms with van der Waals surface area (Å²) < 4.78 is 52.9. The molecular weight excluding hydrogens is 652 g/mol. The number of ether oxygens (including phenoxy) is 4. The van der Waals surface area contributed by atoms with Crippen LogP contribution in [0.25, 0.3) is 10.1 Å². The molecule has 0 bridgehead atoms. The number of halogens is 3. The number of hydrogen-bond acceptors (Lipinski definition) is 9. The highest BCUT2D eigenvalue weighted by atomic mass is 35.5. The molecule has 0 saturated carbocycles. The Morgan fingerprint density at radius 1 is 0.891 bits per heavy atom. The van der Waals surface area contributed by atoms with Crippen LogP contribution in [-0.4, -0.2) is 66.2 Å². The molecular formula is C31H32ClF2NO10S. The van der Waals surface area contributed by atoms with Gasteiger partial charge in [0.05, 0.1) is 53.9 Å². The van der Waals surface area contributed by atoms with E-state index in [0.717, 1.165) is 11.3 Å². The van der Waals surface area contributed by atoms with Gasteiger partial charge in [-0.2, -0.15) is 0 Å². The predicted octanol–water partition coefficient (Wildman–Crippen LogP) is 5.94. The number of rotatable bonds is 15. The van der Waals surface area contributed by atoms with Crippen molar-refractivity contribution in [1.29, 1.82) is 0 Å². The van der Waals surface area contributed by atoms with Crippen LogP contribution in [-0.2, 0) is 27.5 Å². The molecule has 2 atom stereocenters. The van der Waals surface area contributed by atoms with Gasteiger partial charge in [0, 0.05) is 48.9 Å². The molecule has 2 N–H and O–H groups in total. The van der Waals surface area contributed by atoms with Crippen LogP contribution in [0.15, 0.2) is 12.1 Å². The smallest absolute Gasteiger partial charge is 0.306 e. The van der Waals surface area contributed by atoms with E-state index < -0.39 is 47.1 Å². The first-order chi connectivity index (χ1) is 21.8. The zero-order valence-corrected chi connectivity index (χ0v) is 27.0. The quantitative estimate of drug-likeness (QED) is 0.146. The number of nitrogens with zero attached hydrogens (tertiary/aromatic N) is 1. The molecule has 3 aromatic rings. The number of amides is 1. The molecule has 0 aliphatic carbocycles. The lowest BCUT2D eigenvalue weighted by Crippen LogP contribution is -2.28. The van der Waals surface area contributed by atoms with Crippen LogP contribution >= 0.6 is 22.9 Å². The second-order valence-electron chi connectivity index (χ2n) is 10.8. The molecule has 11 nitrogen and oxygen atoms in total. The summed E-state index contributed by atoms with van der Waals surface area (Å²) in [6.45, 7) is 2.71. The van der Waals surface area contributed by atoms with Crippen molar-refractivity contribution in [2.75, 3.05) is 27.4 Å². The number of carboxylic acids is 2. The van der Waals surface area contributed by atoms with Gasteiger partial charge in [0.15, 0.2) is 40.4 Å². The molecule has 1 aromatic heterocycles. The van der Waals surface area contributed by atoms with E-state index in [1.165, 1.54) is 45.1 Å². The minimum Gasteiger partial charge on any atom is -0.490 e. The maximum Gasteiger partial charge on any atom is 0.306 e. The van der Waals surface area contributed by atoms with Crippen LogP contribution in [0, 0.1) is 23.5 Å². The minimum absolute atomic E-state index is 0.0149. The topological polar surface area (TPSA) is 149 Å². The fraction of sp³-hybridized carbons (Fsp3) is 0.419. The minimum atomic E-state index is -1.11. The Balaban J connectivity index is 1.43. The van der Waals surface area contributed by atoms with Gasteiger partial charge in [-0.25, -0.2) is 8.78 Å². The number of hydrogen-bond donors (Lipinski definition) is 2. The summed E-state index contributed by atoms with van der Waals surface area (Å²) >= 11 is 7.48. The first kappa shape index (κ1) is 34.7. The molecule has 2 aromatic carbocycles. The Bertz CT molecular complexity index is 1690. The zero-order valence-electron chi connectivity index (χ0n) is 25.4. The number of carbonyl (C=O) groups is 4. The fourth-order valence-electron chi connectivity index (χ4n) is 4.89. The molecule has 1 aliphatic heterocycles. The van der Waals surface area contributed by atoms with Crippen LogP contribution in [0.3, 0.4) is 0 Å². The average molecular weight is 684 g/mol. The van der Waals surface area contributed by atoms with E-state index in [2.05, 4.69) is 0 Å². The highest BCUT2D eigenvalue weighted by Crippen LogP contribution is 2.46. The number of thiophene rings is 1. The number of benzene rings is 2. The number of Topliss-reactive ketones (excluding diaryl/α,β-unsaturated/α-hetero) is 1. The first-order valence-electron chi connectivity index (χ1n) is 14.2. The molecule has 248 valence electrons. The second-order valence-corrected chi connectivity index (χ2v) is 12.2. The Kier molecular flexibility index (Phi) is 10.9. The van der Waals surface area contributed by atoms with Gasteiger partial charge in [-0.15, -0.1) is 11.3 Å². The normalized spacial score (nSPS) is 13.7. The van der Waals surface area contributed by atoms with Gasteiger partial charge >= 0.3 is 11.9 Å². The third kappa shape index (κ3) is 7.12. The lowest BCUT2D eigenvalue weighted by Gasteiger charge is -2.17. The number of carbonyl (C=O) groups excluding carboxylic acids is 2. The lowest BCUT2D eigenvalue weighted by molar-refractivity contribution is -0.145. The van der Waals surface area contributed by atoms with Crippen molar-refractivity contribution in [3.63, 3.8) is 0 Å². The zero-order chi connectivity index (χ0) is 33.9. The Hall–Kier alpha value is -4.17. The van der Waals surface area contributed by atoms with Crippen molar-refractivity contribution < 1.29 is 57.1 Å². The molecule has 1 amide bonds. The van der Waals surface area contributed by atoms with Crippen molar-refractivity contribution in [3.05, 3.63) is 44.8 Å². The molecule has 0 radical (unpaired) electrons. The van der Waals surface area contributed by atoms with Crippen LogP contribution < -0.4 is 18.9 Å². The molecule has 0 spiro atoms. The molecule has 0 fully saturated rings. The molecule has 1 aliphatic rings. The van der Waals surface area contributed by atoms with Gasteiger partial charge in [0.25, 0.3) is 0 Å². The van der Waals surface area contributed by atoms with Gasteiger partial charge in [-0.3, -0.25) is 19.2 Å². The summed E-state index contributed by atoms with van der Waals surface area (Å²) in [5.41, 5.74) is 0.496.